The number of para-hydroxylation sites is 1. The van der Waals surface area contributed by atoms with E-state index in [1.165, 1.54) is 12.1 Å². The lowest BCUT2D eigenvalue weighted by Gasteiger charge is -2.02. The van der Waals surface area contributed by atoms with Crippen LogP contribution < -0.4 is 0 Å². The molecule has 17 heavy (non-hydrogen) atoms. The van der Waals surface area contributed by atoms with Gasteiger partial charge in [-0.15, -0.1) is 0 Å². The highest BCUT2D eigenvalue weighted by Crippen LogP contribution is 2.20. The molecule has 0 fully saturated rings. The van der Waals surface area contributed by atoms with Gasteiger partial charge in [0.15, 0.2) is 0 Å². The Hall–Kier alpha value is -2.17. The summed E-state index contributed by atoms with van der Waals surface area (Å²) >= 11 is 0. The highest BCUT2D eigenvalue weighted by Gasteiger charge is 2.11. The van der Waals surface area contributed by atoms with Crippen LogP contribution >= 0.6 is 0 Å². The number of aliphatic carboxylic acids is 1. The molecule has 1 N–H and O–H groups in total. The van der Waals surface area contributed by atoms with Gasteiger partial charge >= 0.3 is 5.97 Å². The van der Waals surface area contributed by atoms with Gasteiger partial charge in [0.1, 0.15) is 17.2 Å². The first-order valence-corrected chi connectivity index (χ1v) is 5.19. The minimum Gasteiger partial charge on any atom is -0.478 e. The SMILES string of the molecule is CCn1c(/C=C/C(=O)O)nc2cccc(F)c21. The molecule has 0 saturated heterocycles. The first-order valence-electron chi connectivity index (χ1n) is 5.19. The maximum Gasteiger partial charge on any atom is 0.328 e. The highest BCUT2D eigenvalue weighted by molar-refractivity contribution is 5.86. The topological polar surface area (TPSA) is 55.1 Å². The summed E-state index contributed by atoms with van der Waals surface area (Å²) in [5, 5.41) is 8.57. The molecule has 0 aliphatic carbocycles. The maximum absolute atomic E-state index is 13.6. The molecule has 88 valence electrons. The van der Waals surface area contributed by atoms with E-state index >= 15 is 0 Å². The van der Waals surface area contributed by atoms with Crippen LogP contribution in [-0.2, 0) is 11.3 Å². The van der Waals surface area contributed by atoms with Gasteiger partial charge in [-0.1, -0.05) is 6.07 Å². The third-order valence-corrected chi connectivity index (χ3v) is 2.44. The van der Waals surface area contributed by atoms with Gasteiger partial charge in [-0.2, -0.15) is 0 Å². The molecule has 1 aromatic carbocycles. The number of carbonyl (C=O) groups is 1. The summed E-state index contributed by atoms with van der Waals surface area (Å²) in [6.45, 7) is 2.38. The number of rotatable bonds is 3. The van der Waals surface area contributed by atoms with Crippen LogP contribution in [0.5, 0.6) is 0 Å². The Labute approximate surface area is 97.0 Å². The summed E-state index contributed by atoms with van der Waals surface area (Å²) < 4.78 is 15.3. The molecule has 2 aromatic rings. The van der Waals surface area contributed by atoms with E-state index in [2.05, 4.69) is 4.98 Å². The average Bonchev–Trinajstić information content (AvgIpc) is 2.65. The molecule has 0 aliphatic rings. The molecule has 0 spiro atoms. The zero-order valence-electron chi connectivity index (χ0n) is 9.22. The Bertz CT molecular complexity index is 602. The van der Waals surface area contributed by atoms with Crippen LogP contribution in [0.25, 0.3) is 17.1 Å². The zero-order valence-corrected chi connectivity index (χ0v) is 9.22. The fourth-order valence-corrected chi connectivity index (χ4v) is 1.75. The number of hydrogen-bond acceptors (Lipinski definition) is 2. The van der Waals surface area contributed by atoms with E-state index in [9.17, 15) is 9.18 Å². The fraction of sp³-hybridized carbons (Fsp3) is 0.167. The second kappa shape index (κ2) is 4.37. The van der Waals surface area contributed by atoms with E-state index in [0.29, 0.717) is 23.4 Å². The maximum atomic E-state index is 13.6. The van der Waals surface area contributed by atoms with E-state index in [-0.39, 0.29) is 5.82 Å². The quantitative estimate of drug-likeness (QED) is 0.829. The molecule has 0 bridgehead atoms. The van der Waals surface area contributed by atoms with Crippen molar-refractivity contribution in [3.63, 3.8) is 0 Å². The van der Waals surface area contributed by atoms with E-state index in [4.69, 9.17) is 5.11 Å². The molecular formula is C12H11FN2O2. The van der Waals surface area contributed by atoms with Gasteiger partial charge in [-0.05, 0) is 25.1 Å². The van der Waals surface area contributed by atoms with Crippen molar-refractivity contribution in [1.82, 2.24) is 9.55 Å². The molecule has 0 amide bonds. The number of carboxylic acids is 1. The lowest BCUT2D eigenvalue weighted by atomic mass is 10.3. The third-order valence-electron chi connectivity index (χ3n) is 2.44. The highest BCUT2D eigenvalue weighted by atomic mass is 19.1. The smallest absolute Gasteiger partial charge is 0.328 e. The predicted octanol–water partition coefficient (Wildman–Crippen LogP) is 2.29. The summed E-state index contributed by atoms with van der Waals surface area (Å²) in [6.07, 6.45) is 2.36. The minimum atomic E-state index is -1.06. The van der Waals surface area contributed by atoms with Gasteiger partial charge in [0.25, 0.3) is 0 Å². The summed E-state index contributed by atoms with van der Waals surface area (Å²) in [6, 6.07) is 4.64. The van der Waals surface area contributed by atoms with Gasteiger partial charge in [0.2, 0.25) is 0 Å². The van der Waals surface area contributed by atoms with E-state index in [0.717, 1.165) is 6.08 Å². The van der Waals surface area contributed by atoms with E-state index in [1.807, 2.05) is 6.92 Å². The molecule has 1 aromatic heterocycles. The molecule has 4 nitrogen and oxygen atoms in total. The normalized spacial score (nSPS) is 11.4. The predicted molar refractivity (Wildman–Crippen MR) is 62.0 cm³/mol. The van der Waals surface area contributed by atoms with Gasteiger partial charge < -0.3 is 9.67 Å². The van der Waals surface area contributed by atoms with Crippen LogP contribution in [-0.4, -0.2) is 20.6 Å². The van der Waals surface area contributed by atoms with Crippen molar-refractivity contribution < 1.29 is 14.3 Å². The second-order valence-corrected chi connectivity index (χ2v) is 3.49. The Kier molecular flexibility index (Phi) is 2.91. The van der Waals surface area contributed by atoms with Crippen molar-refractivity contribution in [2.75, 3.05) is 0 Å². The lowest BCUT2D eigenvalue weighted by molar-refractivity contribution is -0.131. The van der Waals surface area contributed by atoms with Crippen molar-refractivity contribution in [1.29, 1.82) is 0 Å². The van der Waals surface area contributed by atoms with Crippen molar-refractivity contribution in [3.8, 4) is 0 Å². The van der Waals surface area contributed by atoms with Crippen LogP contribution in [0.4, 0.5) is 4.39 Å². The van der Waals surface area contributed by atoms with Crippen LogP contribution in [0.1, 0.15) is 12.7 Å². The van der Waals surface area contributed by atoms with Gasteiger partial charge in [0, 0.05) is 12.6 Å². The number of hydrogen-bond donors (Lipinski definition) is 1. The fourth-order valence-electron chi connectivity index (χ4n) is 1.75. The molecule has 0 aliphatic heterocycles. The number of aryl methyl sites for hydroxylation is 1. The van der Waals surface area contributed by atoms with Crippen molar-refractivity contribution in [2.45, 2.75) is 13.5 Å². The molecule has 0 radical (unpaired) electrons. The Morgan fingerprint density at radius 1 is 1.59 bits per heavy atom. The molecule has 5 heteroatoms. The monoisotopic (exact) mass is 234 g/mol. The summed E-state index contributed by atoms with van der Waals surface area (Å²) in [5.41, 5.74) is 0.928. The molecule has 0 atom stereocenters. The molecule has 0 saturated carbocycles. The number of imidazole rings is 1. The minimum absolute atomic E-state index is 0.355. The first kappa shape index (κ1) is 11.3. The van der Waals surface area contributed by atoms with Crippen molar-refractivity contribution in [2.24, 2.45) is 0 Å². The standard InChI is InChI=1S/C12H11FN2O2/c1-2-15-10(6-7-11(16)17)14-9-5-3-4-8(13)12(9)15/h3-7H,2H2,1H3,(H,16,17)/b7-6+. The van der Waals surface area contributed by atoms with Gasteiger partial charge in [-0.25, -0.2) is 14.2 Å². The van der Waals surface area contributed by atoms with Gasteiger partial charge in [-0.3, -0.25) is 0 Å². The molecule has 0 unspecified atom stereocenters. The lowest BCUT2D eigenvalue weighted by Crippen LogP contribution is -1.99. The van der Waals surface area contributed by atoms with Crippen LogP contribution in [0.2, 0.25) is 0 Å². The Morgan fingerprint density at radius 3 is 3.00 bits per heavy atom. The number of nitrogens with zero attached hydrogens (tertiary/aromatic N) is 2. The molecule has 1 heterocycles. The largest absolute Gasteiger partial charge is 0.478 e. The molecular weight excluding hydrogens is 223 g/mol. The number of carboxylic acid groups (broad SMARTS) is 1. The second-order valence-electron chi connectivity index (χ2n) is 3.49. The van der Waals surface area contributed by atoms with Crippen molar-refractivity contribution >= 4 is 23.1 Å². The summed E-state index contributed by atoms with van der Waals surface area (Å²) in [4.78, 5) is 14.6. The average molecular weight is 234 g/mol. The van der Waals surface area contributed by atoms with Crippen molar-refractivity contribution in [3.05, 3.63) is 35.9 Å². The van der Waals surface area contributed by atoms with Crippen LogP contribution in [0, 0.1) is 5.82 Å². The zero-order chi connectivity index (χ0) is 12.4. The first-order chi connectivity index (χ1) is 8.13. The summed E-state index contributed by atoms with van der Waals surface area (Å²) in [5.74, 6) is -0.970. The number of aromatic nitrogens is 2. The number of benzene rings is 1. The summed E-state index contributed by atoms with van der Waals surface area (Å²) in [7, 11) is 0. The third kappa shape index (κ3) is 2.04. The number of fused-ring (bicyclic) bond motifs is 1. The van der Waals surface area contributed by atoms with E-state index in [1.54, 1.807) is 16.7 Å². The van der Waals surface area contributed by atoms with Crippen LogP contribution in [0.15, 0.2) is 24.3 Å². The Balaban J connectivity index is 2.64. The Morgan fingerprint density at radius 2 is 2.35 bits per heavy atom. The number of halogens is 1. The van der Waals surface area contributed by atoms with E-state index < -0.39 is 5.97 Å². The van der Waals surface area contributed by atoms with Crippen LogP contribution in [0.3, 0.4) is 0 Å². The van der Waals surface area contributed by atoms with Gasteiger partial charge in [0.05, 0.1) is 5.52 Å². The molecule has 2 rings (SSSR count).